The smallest absolute Gasteiger partial charge is 0.335 e. The molecule has 67 heavy (non-hydrogen) atoms. The summed E-state index contributed by atoms with van der Waals surface area (Å²) in [6.07, 6.45) is -19.2. The highest BCUT2D eigenvalue weighted by molar-refractivity contribution is 5.73. The number of aliphatic hydroxyl groups excluding tert-OH is 11. The summed E-state index contributed by atoms with van der Waals surface area (Å²) in [5.74, 6) is -1.22. The summed E-state index contributed by atoms with van der Waals surface area (Å²) in [7, 11) is 0. The highest BCUT2D eigenvalue weighted by Crippen LogP contribution is 2.76. The molecule has 3 saturated heterocycles. The molecule has 0 bridgehead atoms. The van der Waals surface area contributed by atoms with Gasteiger partial charge in [0.1, 0.15) is 67.1 Å². The molecular formula is C48H78O19. The van der Waals surface area contributed by atoms with E-state index < -0.39 is 123 Å². The standard InChI is InChI=1S/C48H78O19/c1-43(2)16-22-21-8-9-26-45(4)12-11-28(46(5,20-51)25(45)10-13-48(26,7)47(21,6)15-14-44(22,3)27(52)17-43)64-42-38(34(58)33(57)36(65-42)39(60)61)67-41-37(32(56)30(54)24(19-50)63-41)66-40-35(59)31(55)29(53)23(18-49)62-40/h8,22-38,40-42,49-59H,9-20H2,1-7H3,(H,60,61)/t22-,23+,24+,25+,26+,27+,28-,29+,30-,31-,32-,33-,34-,35+,36-,37+,38+,40-,41-,42+,44+,45-,46-,47+,48+/m0/s1. The molecule has 0 spiro atoms. The van der Waals surface area contributed by atoms with Crippen molar-refractivity contribution < 1.29 is 94.5 Å². The predicted octanol–water partition coefficient (Wildman–Crippen LogP) is -0.323. The van der Waals surface area contributed by atoms with Crippen LogP contribution in [0.3, 0.4) is 0 Å². The third-order valence-corrected chi connectivity index (χ3v) is 19.5. The monoisotopic (exact) mass is 959 g/mol. The third-order valence-electron chi connectivity index (χ3n) is 19.5. The van der Waals surface area contributed by atoms with Gasteiger partial charge in [-0.3, -0.25) is 0 Å². The Morgan fingerprint density at radius 1 is 0.627 bits per heavy atom. The first-order valence-corrected chi connectivity index (χ1v) is 24.4. The second-order valence-corrected chi connectivity index (χ2v) is 23.6. The Balaban J connectivity index is 1.08. The quantitative estimate of drug-likeness (QED) is 0.0986. The first-order valence-electron chi connectivity index (χ1n) is 24.4. The molecule has 19 heteroatoms. The molecule has 0 aromatic carbocycles. The Bertz CT molecular complexity index is 1830. The van der Waals surface area contributed by atoms with E-state index in [-0.39, 0.29) is 57.5 Å². The zero-order valence-electron chi connectivity index (χ0n) is 39.8. The largest absolute Gasteiger partial charge is 0.479 e. The average Bonchev–Trinajstić information content (AvgIpc) is 3.27. The first-order chi connectivity index (χ1) is 31.3. The maximum atomic E-state index is 12.5. The van der Waals surface area contributed by atoms with Gasteiger partial charge in [0.15, 0.2) is 25.0 Å². The number of allylic oxidation sites excluding steroid dienone is 2. The summed E-state index contributed by atoms with van der Waals surface area (Å²) in [6, 6.07) is 0. The van der Waals surface area contributed by atoms with E-state index in [1.807, 2.05) is 6.92 Å². The number of ether oxygens (including phenoxy) is 6. The number of aliphatic carboxylic acids is 1. The number of rotatable bonds is 10. The SMILES string of the molecule is CC1(C)C[C@@H](O)[C@]2(C)CC[C@]3(C)C(=CC[C@@H]4[C@@]5(C)CC[C@H](O[C@@H]6O[C@H](C(=O)O)[C@@H](O)[C@H](O)[C@H]6O[C@@H]6O[C@H](CO)[C@H](O)[C@H](O)[C@H]6O[C@@H]6O[C@H](CO)[C@@H](O)[C@H](O)[C@H]6O)[C@@](C)(CO)[C@@H]5CC[C@]43C)[C@@H]2C1. The van der Waals surface area contributed by atoms with Crippen molar-refractivity contribution in [2.45, 2.75) is 211 Å². The van der Waals surface area contributed by atoms with E-state index in [1.54, 1.807) is 0 Å². The maximum absolute atomic E-state index is 12.5. The Morgan fingerprint density at radius 2 is 1.21 bits per heavy atom. The number of hydrogen-bond donors (Lipinski definition) is 12. The molecule has 0 aromatic rings. The van der Waals surface area contributed by atoms with Crippen LogP contribution in [-0.4, -0.2) is 191 Å². The summed E-state index contributed by atoms with van der Waals surface area (Å²) in [4.78, 5) is 12.5. The van der Waals surface area contributed by atoms with Gasteiger partial charge in [0.05, 0.1) is 32.0 Å². The van der Waals surface area contributed by atoms with Crippen molar-refractivity contribution in [1.82, 2.24) is 0 Å². The van der Waals surface area contributed by atoms with Crippen LogP contribution in [0, 0.1) is 50.2 Å². The fourth-order valence-electron chi connectivity index (χ4n) is 15.2. The van der Waals surface area contributed by atoms with Crippen molar-refractivity contribution in [1.29, 1.82) is 0 Å². The van der Waals surface area contributed by atoms with Crippen LogP contribution in [0.2, 0.25) is 0 Å². The molecule has 384 valence electrons. The second-order valence-electron chi connectivity index (χ2n) is 23.6. The van der Waals surface area contributed by atoms with Gasteiger partial charge in [0.2, 0.25) is 0 Å². The molecule has 0 amide bonds. The van der Waals surface area contributed by atoms with Crippen LogP contribution < -0.4 is 0 Å². The molecule has 8 rings (SSSR count). The maximum Gasteiger partial charge on any atom is 0.335 e. The first kappa shape index (κ1) is 51.9. The topological polar surface area (TPSA) is 315 Å². The van der Waals surface area contributed by atoms with Crippen molar-refractivity contribution in [3.63, 3.8) is 0 Å². The molecule has 3 heterocycles. The number of aliphatic hydroxyl groups is 11. The highest BCUT2D eigenvalue weighted by atomic mass is 16.8. The second kappa shape index (κ2) is 18.2. The van der Waals surface area contributed by atoms with Gasteiger partial charge in [-0.25, -0.2) is 4.79 Å². The number of fused-ring (bicyclic) bond motifs is 7. The molecule has 0 unspecified atom stereocenters. The van der Waals surface area contributed by atoms with Gasteiger partial charge >= 0.3 is 5.97 Å². The van der Waals surface area contributed by atoms with E-state index in [0.29, 0.717) is 12.8 Å². The van der Waals surface area contributed by atoms with Crippen molar-refractivity contribution in [2.75, 3.05) is 19.8 Å². The molecule has 8 aliphatic rings. The van der Waals surface area contributed by atoms with Gasteiger partial charge in [-0.15, -0.1) is 0 Å². The Morgan fingerprint density at radius 3 is 1.82 bits per heavy atom. The Kier molecular flexibility index (Phi) is 14.1. The van der Waals surface area contributed by atoms with E-state index in [2.05, 4.69) is 47.6 Å². The summed E-state index contributed by atoms with van der Waals surface area (Å²) in [6.45, 7) is 14.0. The van der Waals surface area contributed by atoms with Crippen molar-refractivity contribution in [2.24, 2.45) is 50.2 Å². The molecule has 12 N–H and O–H groups in total. The Labute approximate surface area is 392 Å². The molecule has 4 saturated carbocycles. The minimum atomic E-state index is -2.10. The minimum Gasteiger partial charge on any atom is -0.479 e. The van der Waals surface area contributed by atoms with Crippen molar-refractivity contribution in [3.05, 3.63) is 11.6 Å². The van der Waals surface area contributed by atoms with Gasteiger partial charge in [0.25, 0.3) is 0 Å². The van der Waals surface area contributed by atoms with Gasteiger partial charge in [0, 0.05) is 10.8 Å². The van der Waals surface area contributed by atoms with Crippen molar-refractivity contribution >= 4 is 5.97 Å². The van der Waals surface area contributed by atoms with Crippen LogP contribution in [0.1, 0.15) is 106 Å². The molecular weight excluding hydrogens is 881 g/mol. The van der Waals surface area contributed by atoms with E-state index in [4.69, 9.17) is 28.4 Å². The Hall–Kier alpha value is -1.47. The van der Waals surface area contributed by atoms with Crippen LogP contribution in [0.5, 0.6) is 0 Å². The summed E-state index contributed by atoms with van der Waals surface area (Å²) < 4.78 is 36.0. The summed E-state index contributed by atoms with van der Waals surface area (Å²) >= 11 is 0. The van der Waals surface area contributed by atoms with Crippen LogP contribution in [0.4, 0.5) is 0 Å². The molecule has 19 nitrogen and oxygen atoms in total. The van der Waals surface area contributed by atoms with E-state index in [0.717, 1.165) is 44.9 Å². The molecule has 5 aliphatic carbocycles. The van der Waals surface area contributed by atoms with Gasteiger partial charge in [-0.2, -0.15) is 0 Å². The zero-order valence-corrected chi connectivity index (χ0v) is 39.8. The third kappa shape index (κ3) is 8.10. The molecule has 7 fully saturated rings. The number of carboxylic acids is 1. The summed E-state index contributed by atoms with van der Waals surface area (Å²) in [5, 5.41) is 130. The predicted molar refractivity (Wildman–Crippen MR) is 232 cm³/mol. The van der Waals surface area contributed by atoms with E-state index in [1.165, 1.54) is 5.57 Å². The van der Waals surface area contributed by atoms with Crippen LogP contribution in [0.15, 0.2) is 11.6 Å². The summed E-state index contributed by atoms with van der Waals surface area (Å²) in [5.41, 5.74) is -0.143. The molecule has 3 aliphatic heterocycles. The highest BCUT2D eigenvalue weighted by Gasteiger charge is 2.70. The molecule has 0 aromatic heterocycles. The van der Waals surface area contributed by atoms with Crippen LogP contribution in [-0.2, 0) is 33.2 Å². The van der Waals surface area contributed by atoms with E-state index >= 15 is 0 Å². The fraction of sp³-hybridized carbons (Fsp3) is 0.938. The molecule has 25 atom stereocenters. The number of carbonyl (C=O) groups is 1. The minimum absolute atomic E-state index is 0.00861. The zero-order chi connectivity index (χ0) is 49.1. The van der Waals surface area contributed by atoms with Crippen LogP contribution in [0.25, 0.3) is 0 Å². The van der Waals surface area contributed by atoms with Crippen molar-refractivity contribution in [3.8, 4) is 0 Å². The lowest BCUT2D eigenvalue weighted by molar-refractivity contribution is -0.397. The number of carboxylic acid groups (broad SMARTS) is 1. The lowest BCUT2D eigenvalue weighted by Gasteiger charge is -2.72. The lowest BCUT2D eigenvalue weighted by atomic mass is 9.33. The van der Waals surface area contributed by atoms with Crippen LogP contribution >= 0.6 is 0 Å². The number of hydrogen-bond acceptors (Lipinski definition) is 18. The van der Waals surface area contributed by atoms with Gasteiger partial charge in [-0.05, 0) is 97.2 Å². The van der Waals surface area contributed by atoms with Gasteiger partial charge < -0.3 is 89.7 Å². The molecule has 0 radical (unpaired) electrons. The van der Waals surface area contributed by atoms with Gasteiger partial charge in [-0.1, -0.05) is 60.1 Å². The van der Waals surface area contributed by atoms with E-state index in [9.17, 15) is 66.1 Å². The lowest BCUT2D eigenvalue weighted by Crippen LogP contribution is -2.68. The fourth-order valence-corrected chi connectivity index (χ4v) is 15.2. The normalized spacial score (nSPS) is 55.3. The average molecular weight is 959 g/mol.